The lowest BCUT2D eigenvalue weighted by Crippen LogP contribution is -2.41. The van der Waals surface area contributed by atoms with Gasteiger partial charge in [0.15, 0.2) is 5.96 Å². The number of nitrogens with one attached hydrogen (secondary N) is 2. The second-order valence-corrected chi connectivity index (χ2v) is 6.44. The molecule has 0 saturated heterocycles. The van der Waals surface area contributed by atoms with Gasteiger partial charge in [-0.25, -0.2) is 0 Å². The molecule has 1 unspecified atom stereocenters. The Balaban J connectivity index is 0.00000392. The highest BCUT2D eigenvalue weighted by Gasteiger charge is 2.16. The van der Waals surface area contributed by atoms with Crippen molar-refractivity contribution in [3.8, 4) is 5.75 Å². The number of ether oxygens (including phenoxy) is 1. The quantitative estimate of drug-likeness (QED) is 0.241. The Morgan fingerprint density at radius 2 is 2.11 bits per heavy atom. The third-order valence-electron chi connectivity index (χ3n) is 4.20. The number of aromatic nitrogens is 2. The monoisotopic (exact) mass is 498 g/mol. The van der Waals surface area contributed by atoms with Crippen LogP contribution in [0.15, 0.2) is 54.3 Å². The van der Waals surface area contributed by atoms with E-state index in [1.165, 1.54) is 0 Å². The number of aliphatic imine (C=N–C) groups is 1. The molecule has 0 aliphatic rings. The molecule has 28 heavy (non-hydrogen) atoms. The van der Waals surface area contributed by atoms with Crippen LogP contribution in [0.3, 0.4) is 0 Å². The summed E-state index contributed by atoms with van der Waals surface area (Å²) in [4.78, 5) is 6.49. The molecule has 1 heterocycles. The Labute approximate surface area is 184 Å². The molecule has 0 radical (unpaired) electrons. The third kappa shape index (κ3) is 7.16. The molecule has 8 heteroatoms. The number of hydrogen-bond acceptors (Lipinski definition) is 4. The average Bonchev–Trinajstić information content (AvgIpc) is 3.09. The van der Waals surface area contributed by atoms with Gasteiger partial charge in [0.2, 0.25) is 0 Å². The zero-order valence-corrected chi connectivity index (χ0v) is 19.4. The Bertz CT molecular complexity index is 759. The summed E-state index contributed by atoms with van der Waals surface area (Å²) in [5.41, 5.74) is 2.23. The third-order valence-corrected chi connectivity index (χ3v) is 4.20. The van der Waals surface area contributed by atoms with Crippen LogP contribution in [0.4, 0.5) is 0 Å². The van der Waals surface area contributed by atoms with Crippen LogP contribution >= 0.6 is 24.0 Å². The van der Waals surface area contributed by atoms with Crippen LogP contribution in [0, 0.1) is 0 Å². The molecular weight excluding hydrogens is 467 g/mol. The van der Waals surface area contributed by atoms with E-state index in [0.29, 0.717) is 19.7 Å². The summed E-state index contributed by atoms with van der Waals surface area (Å²) in [6, 6.07) is 8.15. The van der Waals surface area contributed by atoms with E-state index in [1.807, 2.05) is 48.4 Å². The van der Waals surface area contributed by atoms with Gasteiger partial charge in [-0.2, -0.15) is 5.10 Å². The number of guanidine groups is 1. The molecule has 0 aliphatic carbocycles. The maximum atomic E-state index is 5.71. The summed E-state index contributed by atoms with van der Waals surface area (Å²) in [5.74, 6) is 1.59. The van der Waals surface area contributed by atoms with Crippen LogP contribution in [0.25, 0.3) is 0 Å². The number of halogens is 1. The van der Waals surface area contributed by atoms with Gasteiger partial charge in [0.25, 0.3) is 0 Å². The number of hydrogen-bond donors (Lipinski definition) is 2. The van der Waals surface area contributed by atoms with Crippen LogP contribution < -0.4 is 15.4 Å². The Kier molecular flexibility index (Phi) is 10.6. The molecule has 2 N–H and O–H groups in total. The highest BCUT2D eigenvalue weighted by Crippen LogP contribution is 2.18. The molecule has 154 valence electrons. The number of rotatable bonds is 9. The maximum absolute atomic E-state index is 5.71. The highest BCUT2D eigenvalue weighted by atomic mass is 127. The molecule has 0 saturated carbocycles. The molecule has 0 fully saturated rings. The van der Waals surface area contributed by atoms with Crippen molar-refractivity contribution < 1.29 is 4.74 Å². The van der Waals surface area contributed by atoms with Gasteiger partial charge >= 0.3 is 0 Å². The minimum atomic E-state index is 0. The molecule has 7 nitrogen and oxygen atoms in total. The number of benzene rings is 1. The van der Waals surface area contributed by atoms with Gasteiger partial charge in [0.1, 0.15) is 12.4 Å². The fraction of sp³-hybridized carbons (Fsp3) is 0.400. The zero-order valence-electron chi connectivity index (χ0n) is 17.1. The summed E-state index contributed by atoms with van der Waals surface area (Å²) < 4.78 is 7.53. The lowest BCUT2D eigenvalue weighted by Gasteiger charge is -2.24. The van der Waals surface area contributed by atoms with Crippen LogP contribution in [-0.2, 0) is 13.6 Å². The molecule has 1 aromatic carbocycles. The smallest absolute Gasteiger partial charge is 0.191 e. The first kappa shape index (κ1) is 24.0. The van der Waals surface area contributed by atoms with E-state index >= 15 is 0 Å². The van der Waals surface area contributed by atoms with Crippen LogP contribution in [0.1, 0.15) is 17.2 Å². The van der Waals surface area contributed by atoms with E-state index in [1.54, 1.807) is 13.1 Å². The maximum Gasteiger partial charge on any atom is 0.191 e. The fourth-order valence-electron chi connectivity index (χ4n) is 2.74. The van der Waals surface area contributed by atoms with E-state index in [9.17, 15) is 0 Å². The summed E-state index contributed by atoms with van der Waals surface area (Å²) in [6.07, 6.45) is 5.68. The fourth-order valence-corrected chi connectivity index (χ4v) is 2.74. The van der Waals surface area contributed by atoms with Crippen molar-refractivity contribution in [1.29, 1.82) is 0 Å². The number of aryl methyl sites for hydroxylation is 1. The van der Waals surface area contributed by atoms with Crippen molar-refractivity contribution in [3.63, 3.8) is 0 Å². The van der Waals surface area contributed by atoms with Crippen molar-refractivity contribution in [1.82, 2.24) is 25.3 Å². The number of nitrogens with zero attached hydrogens (tertiary/aromatic N) is 4. The van der Waals surface area contributed by atoms with E-state index in [-0.39, 0.29) is 30.0 Å². The summed E-state index contributed by atoms with van der Waals surface area (Å²) >= 11 is 0. The van der Waals surface area contributed by atoms with Crippen molar-refractivity contribution in [2.75, 3.05) is 34.3 Å². The first-order valence-corrected chi connectivity index (χ1v) is 8.96. The topological polar surface area (TPSA) is 66.7 Å². The highest BCUT2D eigenvalue weighted by molar-refractivity contribution is 14.0. The van der Waals surface area contributed by atoms with Gasteiger partial charge < -0.3 is 20.3 Å². The minimum absolute atomic E-state index is 0. The summed E-state index contributed by atoms with van der Waals surface area (Å²) in [6.45, 7) is 5.51. The van der Waals surface area contributed by atoms with Gasteiger partial charge in [-0.15, -0.1) is 24.0 Å². The Morgan fingerprint density at radius 3 is 2.71 bits per heavy atom. The summed E-state index contributed by atoms with van der Waals surface area (Å²) in [5, 5.41) is 11.0. The molecule has 1 atom stereocenters. The lowest BCUT2D eigenvalue weighted by molar-refractivity contribution is 0.298. The van der Waals surface area contributed by atoms with E-state index in [2.05, 4.69) is 46.3 Å². The average molecular weight is 498 g/mol. The first-order chi connectivity index (χ1) is 13.0. The largest absolute Gasteiger partial charge is 0.489 e. The van der Waals surface area contributed by atoms with Crippen molar-refractivity contribution in [3.05, 3.63) is 60.4 Å². The first-order valence-electron chi connectivity index (χ1n) is 8.96. The van der Waals surface area contributed by atoms with E-state index in [0.717, 1.165) is 22.8 Å². The van der Waals surface area contributed by atoms with Crippen LogP contribution in [0.2, 0.25) is 0 Å². The van der Waals surface area contributed by atoms with Gasteiger partial charge in [0.05, 0.1) is 12.2 Å². The Hall–Kier alpha value is -2.07. The second kappa shape index (κ2) is 12.4. The van der Waals surface area contributed by atoms with Crippen LogP contribution in [-0.4, -0.2) is 54.9 Å². The van der Waals surface area contributed by atoms with Crippen molar-refractivity contribution in [2.24, 2.45) is 12.0 Å². The molecule has 0 bridgehead atoms. The van der Waals surface area contributed by atoms with Gasteiger partial charge in [-0.05, 0) is 20.2 Å². The predicted molar refractivity (Wildman–Crippen MR) is 125 cm³/mol. The van der Waals surface area contributed by atoms with Crippen molar-refractivity contribution in [2.45, 2.75) is 12.6 Å². The van der Waals surface area contributed by atoms with E-state index < -0.39 is 0 Å². The van der Waals surface area contributed by atoms with Crippen LogP contribution in [0.5, 0.6) is 5.75 Å². The molecule has 0 spiro atoms. The molecule has 2 aromatic rings. The van der Waals surface area contributed by atoms with Gasteiger partial charge in [0, 0.05) is 44.5 Å². The number of likely N-dealkylation sites (N-methyl/N-ethyl adjacent to an activating group) is 1. The predicted octanol–water partition coefficient (Wildman–Crippen LogP) is 2.57. The normalized spacial score (nSPS) is 12.2. The lowest BCUT2D eigenvalue weighted by atomic mass is 10.1. The SMILES string of the molecule is C=CCOc1ccccc1CNC(=NC)NCC(c1cnn(C)c1)N(C)C.I. The van der Waals surface area contributed by atoms with Gasteiger partial charge in [-0.3, -0.25) is 9.67 Å². The summed E-state index contributed by atoms with van der Waals surface area (Å²) in [7, 11) is 7.81. The molecule has 0 amide bonds. The van der Waals surface area contributed by atoms with Gasteiger partial charge in [-0.1, -0.05) is 30.9 Å². The second-order valence-electron chi connectivity index (χ2n) is 6.44. The number of para-hydroxylation sites is 1. The van der Waals surface area contributed by atoms with Crippen molar-refractivity contribution >= 4 is 29.9 Å². The standard InChI is InChI=1S/C20H30N6O.HI/c1-6-11-27-19-10-8-7-9-16(19)12-22-20(21-2)23-14-18(25(3)4)17-13-24-26(5)15-17;/h6-10,13,15,18H,1,11-12,14H2,2-5H3,(H2,21,22,23);1H. The Morgan fingerprint density at radius 1 is 1.36 bits per heavy atom. The minimum Gasteiger partial charge on any atom is -0.489 e. The molecule has 2 rings (SSSR count). The molecule has 0 aliphatic heterocycles. The zero-order chi connectivity index (χ0) is 19.6. The molecular formula is C20H31IN6O. The molecule has 1 aromatic heterocycles. The van der Waals surface area contributed by atoms with E-state index in [4.69, 9.17) is 4.74 Å².